The molecule has 114 valence electrons. The molecule has 0 N–H and O–H groups in total. The lowest BCUT2D eigenvalue weighted by atomic mass is 10.0. The molecule has 2 nitrogen and oxygen atoms in total. The highest BCUT2D eigenvalue weighted by molar-refractivity contribution is 7.98. The van der Waals surface area contributed by atoms with Crippen molar-refractivity contribution in [3.05, 3.63) is 40.4 Å². The van der Waals surface area contributed by atoms with Gasteiger partial charge < -0.3 is 4.90 Å². The Labute approximate surface area is 140 Å². The first-order chi connectivity index (χ1) is 10.1. The lowest BCUT2D eigenvalue weighted by molar-refractivity contribution is 0.348. The number of nitrogens with zero attached hydrogens (tertiary/aromatic N) is 2. The van der Waals surface area contributed by atoms with Crippen LogP contribution >= 0.6 is 34.7 Å². The maximum Gasteiger partial charge on any atom is 0.123 e. The first-order valence-corrected chi connectivity index (χ1v) is 9.72. The number of thioether (sulfide) groups is 1. The third-order valence-corrected chi connectivity index (χ3v) is 5.20. The third kappa shape index (κ3) is 4.71. The van der Waals surface area contributed by atoms with E-state index in [1.165, 1.54) is 22.4 Å². The lowest BCUT2D eigenvalue weighted by Gasteiger charge is -2.17. The second kappa shape index (κ2) is 8.18. The number of thiazole rings is 1. The Kier molecular flexibility index (Phi) is 6.55. The van der Waals surface area contributed by atoms with Crippen LogP contribution in [0.25, 0.3) is 10.6 Å². The molecule has 21 heavy (non-hydrogen) atoms. The number of hydrogen-bond donors (Lipinski definition) is 0. The van der Waals surface area contributed by atoms with Crippen LogP contribution in [0.3, 0.4) is 0 Å². The van der Waals surface area contributed by atoms with Crippen molar-refractivity contribution in [3.63, 3.8) is 0 Å². The molecule has 0 saturated heterocycles. The van der Waals surface area contributed by atoms with Crippen molar-refractivity contribution in [2.45, 2.75) is 19.3 Å². The fraction of sp³-hybridized carbons (Fsp3) is 0.438. The Balaban J connectivity index is 2.10. The van der Waals surface area contributed by atoms with Gasteiger partial charge in [0.2, 0.25) is 0 Å². The molecule has 1 aromatic carbocycles. The Hall–Kier alpha value is -0.550. The van der Waals surface area contributed by atoms with Crippen LogP contribution in [-0.4, -0.2) is 35.5 Å². The summed E-state index contributed by atoms with van der Waals surface area (Å²) in [7, 11) is 2.18. The first-order valence-electron chi connectivity index (χ1n) is 6.91. The van der Waals surface area contributed by atoms with Gasteiger partial charge in [-0.2, -0.15) is 11.8 Å². The molecule has 0 fully saturated rings. The van der Waals surface area contributed by atoms with Crippen LogP contribution in [0.15, 0.2) is 23.6 Å². The van der Waals surface area contributed by atoms with Crippen molar-refractivity contribution in [1.29, 1.82) is 0 Å². The maximum absolute atomic E-state index is 5.82. The highest BCUT2D eigenvalue weighted by atomic mass is 35.5. The van der Waals surface area contributed by atoms with Gasteiger partial charge in [0.05, 0.1) is 11.6 Å². The Morgan fingerprint density at radius 2 is 2.19 bits per heavy atom. The summed E-state index contributed by atoms with van der Waals surface area (Å²) in [6, 6.07) is 6.62. The zero-order chi connectivity index (χ0) is 15.2. The summed E-state index contributed by atoms with van der Waals surface area (Å²) < 4.78 is 0. The molecule has 1 aromatic heterocycles. The van der Waals surface area contributed by atoms with E-state index in [2.05, 4.69) is 48.3 Å². The number of rotatable bonds is 7. The molecule has 0 radical (unpaired) electrons. The lowest BCUT2D eigenvalue weighted by Crippen LogP contribution is -2.21. The van der Waals surface area contributed by atoms with E-state index in [0.29, 0.717) is 5.88 Å². The number of hydrogen-bond acceptors (Lipinski definition) is 4. The quantitative estimate of drug-likeness (QED) is 0.682. The summed E-state index contributed by atoms with van der Waals surface area (Å²) in [5, 5.41) is 3.08. The van der Waals surface area contributed by atoms with E-state index in [1.54, 1.807) is 11.3 Å². The van der Waals surface area contributed by atoms with Gasteiger partial charge in [-0.3, -0.25) is 0 Å². The van der Waals surface area contributed by atoms with Crippen molar-refractivity contribution in [2.24, 2.45) is 0 Å². The van der Waals surface area contributed by atoms with Crippen LogP contribution in [0.5, 0.6) is 0 Å². The van der Waals surface area contributed by atoms with E-state index >= 15 is 0 Å². The van der Waals surface area contributed by atoms with Gasteiger partial charge in [-0.25, -0.2) is 4.98 Å². The third-order valence-electron chi connectivity index (χ3n) is 3.40. The fourth-order valence-electron chi connectivity index (χ4n) is 2.12. The minimum Gasteiger partial charge on any atom is -0.301 e. The average Bonchev–Trinajstić information content (AvgIpc) is 2.96. The summed E-state index contributed by atoms with van der Waals surface area (Å²) in [5.74, 6) is 1.65. The van der Waals surface area contributed by atoms with Gasteiger partial charge in [-0.05, 0) is 37.4 Å². The molecule has 0 bridgehead atoms. The van der Waals surface area contributed by atoms with E-state index in [1.807, 2.05) is 17.1 Å². The standard InChI is InChI=1S/C16H21ClN2S2/c1-12-8-13(16-18-15(9-17)11-21-16)4-5-14(12)10-19(2)6-7-20-3/h4-5,8,11H,6-7,9-10H2,1-3H3. The number of benzene rings is 1. The zero-order valence-electron chi connectivity index (χ0n) is 12.7. The summed E-state index contributed by atoms with van der Waals surface area (Å²) in [5.41, 5.74) is 4.85. The second-order valence-corrected chi connectivity index (χ2v) is 7.26. The first kappa shape index (κ1) is 16.8. The summed E-state index contributed by atoms with van der Waals surface area (Å²) in [6.07, 6.45) is 2.15. The van der Waals surface area contributed by atoms with Crippen LogP contribution in [0, 0.1) is 6.92 Å². The van der Waals surface area contributed by atoms with Gasteiger partial charge in [0.1, 0.15) is 5.01 Å². The summed E-state index contributed by atoms with van der Waals surface area (Å²) >= 11 is 9.37. The van der Waals surface area contributed by atoms with Crippen LogP contribution in [-0.2, 0) is 12.4 Å². The van der Waals surface area contributed by atoms with Gasteiger partial charge in [0.15, 0.2) is 0 Å². The van der Waals surface area contributed by atoms with E-state index in [4.69, 9.17) is 11.6 Å². The zero-order valence-corrected chi connectivity index (χ0v) is 15.1. The van der Waals surface area contributed by atoms with Gasteiger partial charge in [0.25, 0.3) is 0 Å². The van der Waals surface area contributed by atoms with Gasteiger partial charge in [-0.15, -0.1) is 22.9 Å². The van der Waals surface area contributed by atoms with Crippen molar-refractivity contribution in [1.82, 2.24) is 9.88 Å². The molecule has 5 heteroatoms. The molecule has 0 spiro atoms. The number of aromatic nitrogens is 1. The van der Waals surface area contributed by atoms with Crippen molar-refractivity contribution in [3.8, 4) is 10.6 Å². The van der Waals surface area contributed by atoms with E-state index in [9.17, 15) is 0 Å². The number of aryl methyl sites for hydroxylation is 1. The molecule has 0 aliphatic rings. The number of halogens is 1. The predicted molar refractivity (Wildman–Crippen MR) is 96.6 cm³/mol. The van der Waals surface area contributed by atoms with E-state index in [0.717, 1.165) is 23.8 Å². The van der Waals surface area contributed by atoms with Gasteiger partial charge >= 0.3 is 0 Å². The topological polar surface area (TPSA) is 16.1 Å². The SMILES string of the molecule is CSCCN(C)Cc1ccc(-c2nc(CCl)cs2)cc1C. The highest BCUT2D eigenvalue weighted by Gasteiger charge is 2.08. The minimum absolute atomic E-state index is 0.480. The molecule has 0 aliphatic heterocycles. The second-order valence-electron chi connectivity index (χ2n) is 5.15. The van der Waals surface area contributed by atoms with Gasteiger partial charge in [-0.1, -0.05) is 12.1 Å². The van der Waals surface area contributed by atoms with Crippen LogP contribution in [0.1, 0.15) is 16.8 Å². The smallest absolute Gasteiger partial charge is 0.123 e. The number of alkyl halides is 1. The Morgan fingerprint density at radius 3 is 2.81 bits per heavy atom. The van der Waals surface area contributed by atoms with Gasteiger partial charge in [0, 0.05) is 29.8 Å². The molecule has 0 aliphatic carbocycles. The monoisotopic (exact) mass is 340 g/mol. The molecular formula is C16H21ClN2S2. The van der Waals surface area contributed by atoms with E-state index in [-0.39, 0.29) is 0 Å². The summed E-state index contributed by atoms with van der Waals surface area (Å²) in [6.45, 7) is 4.29. The largest absolute Gasteiger partial charge is 0.301 e. The molecule has 1 heterocycles. The molecule has 0 atom stereocenters. The van der Waals surface area contributed by atoms with Crippen molar-refractivity contribution < 1.29 is 0 Å². The normalized spacial score (nSPS) is 11.3. The summed E-state index contributed by atoms with van der Waals surface area (Å²) in [4.78, 5) is 6.91. The Morgan fingerprint density at radius 1 is 1.38 bits per heavy atom. The average molecular weight is 341 g/mol. The maximum atomic E-state index is 5.82. The Bertz CT molecular complexity index is 583. The van der Waals surface area contributed by atoms with Crippen molar-refractivity contribution in [2.75, 3.05) is 25.6 Å². The highest BCUT2D eigenvalue weighted by Crippen LogP contribution is 2.26. The molecular weight excluding hydrogens is 320 g/mol. The molecule has 0 saturated carbocycles. The predicted octanol–water partition coefficient (Wildman–Crippen LogP) is 4.65. The van der Waals surface area contributed by atoms with Crippen LogP contribution in [0.2, 0.25) is 0 Å². The molecule has 0 amide bonds. The van der Waals surface area contributed by atoms with Crippen LogP contribution in [0.4, 0.5) is 0 Å². The van der Waals surface area contributed by atoms with Crippen LogP contribution < -0.4 is 0 Å². The minimum atomic E-state index is 0.480. The fourth-order valence-corrected chi connectivity index (χ4v) is 3.66. The molecule has 2 aromatic rings. The van der Waals surface area contributed by atoms with E-state index < -0.39 is 0 Å². The van der Waals surface area contributed by atoms with Crippen molar-refractivity contribution >= 4 is 34.7 Å². The molecule has 2 rings (SSSR count). The molecule has 0 unspecified atom stereocenters.